The molecular formula is C19H14Cl2N2. The number of halogens is 2. The summed E-state index contributed by atoms with van der Waals surface area (Å²) in [7, 11) is 0. The van der Waals surface area contributed by atoms with Crippen molar-refractivity contribution in [2.75, 3.05) is 0 Å². The molecule has 0 saturated carbocycles. The van der Waals surface area contributed by atoms with Crippen molar-refractivity contribution < 1.29 is 0 Å². The maximum atomic E-state index is 6.29. The van der Waals surface area contributed by atoms with Crippen LogP contribution >= 0.6 is 23.2 Å². The Labute approximate surface area is 144 Å². The minimum Gasteiger partial charge on any atom is -0.338 e. The third-order valence-electron chi connectivity index (χ3n) is 3.95. The molecule has 1 aliphatic carbocycles. The van der Waals surface area contributed by atoms with E-state index in [4.69, 9.17) is 28.2 Å². The van der Waals surface area contributed by atoms with E-state index in [1.165, 1.54) is 0 Å². The molecule has 2 nitrogen and oxygen atoms in total. The first kappa shape index (κ1) is 14.6. The highest BCUT2D eigenvalue weighted by Crippen LogP contribution is 2.34. The first-order valence-electron chi connectivity index (χ1n) is 7.47. The molecule has 1 atom stereocenters. The summed E-state index contributed by atoms with van der Waals surface area (Å²) in [4.78, 5) is 8.10. The Morgan fingerprint density at radius 2 is 1.74 bits per heavy atom. The largest absolute Gasteiger partial charge is 0.338 e. The number of imidazole rings is 1. The molecule has 1 heterocycles. The number of para-hydroxylation sites is 2. The summed E-state index contributed by atoms with van der Waals surface area (Å²) in [6.07, 6.45) is 4.72. The average molecular weight is 341 g/mol. The van der Waals surface area contributed by atoms with Gasteiger partial charge in [0.25, 0.3) is 0 Å². The number of nitrogens with one attached hydrogen (secondary N) is 1. The lowest BCUT2D eigenvalue weighted by atomic mass is 9.95. The topological polar surface area (TPSA) is 28.7 Å². The van der Waals surface area contributed by atoms with Crippen molar-refractivity contribution in [3.63, 3.8) is 0 Å². The zero-order chi connectivity index (χ0) is 15.8. The summed E-state index contributed by atoms with van der Waals surface area (Å²) < 4.78 is 0. The van der Waals surface area contributed by atoms with Gasteiger partial charge in [0.2, 0.25) is 0 Å². The van der Waals surface area contributed by atoms with Gasteiger partial charge in [-0.3, -0.25) is 0 Å². The molecule has 4 heteroatoms. The number of nitrogens with zero attached hydrogens (tertiary/aromatic N) is 1. The number of aromatic nitrogens is 2. The Morgan fingerprint density at radius 3 is 2.52 bits per heavy atom. The van der Waals surface area contributed by atoms with Gasteiger partial charge < -0.3 is 4.98 Å². The summed E-state index contributed by atoms with van der Waals surface area (Å²) in [5, 5.41) is 0.702. The SMILES string of the molecule is ClC1=CC(c2ccccc2-c2nc3ccccc3[nH]2)=CC(Cl)C1. The molecule has 23 heavy (non-hydrogen) atoms. The fourth-order valence-electron chi connectivity index (χ4n) is 2.91. The Hall–Kier alpha value is -2.03. The number of allylic oxidation sites excluding steroid dienone is 4. The minimum atomic E-state index is -0.0776. The van der Waals surface area contributed by atoms with Gasteiger partial charge in [0.05, 0.1) is 16.4 Å². The van der Waals surface area contributed by atoms with Gasteiger partial charge in [-0.2, -0.15) is 0 Å². The second kappa shape index (κ2) is 5.88. The predicted molar refractivity (Wildman–Crippen MR) is 97.7 cm³/mol. The van der Waals surface area contributed by atoms with Crippen molar-refractivity contribution in [2.24, 2.45) is 0 Å². The molecule has 4 rings (SSSR count). The normalized spacial score (nSPS) is 17.9. The van der Waals surface area contributed by atoms with E-state index in [9.17, 15) is 0 Å². The quantitative estimate of drug-likeness (QED) is 0.591. The summed E-state index contributed by atoms with van der Waals surface area (Å²) in [5.41, 5.74) is 5.14. The summed E-state index contributed by atoms with van der Waals surface area (Å²) in [6.45, 7) is 0. The molecule has 0 spiro atoms. The highest BCUT2D eigenvalue weighted by Gasteiger charge is 2.17. The first-order chi connectivity index (χ1) is 11.2. The van der Waals surface area contributed by atoms with Crippen LogP contribution in [0.2, 0.25) is 0 Å². The smallest absolute Gasteiger partial charge is 0.139 e. The van der Waals surface area contributed by atoms with Gasteiger partial charge >= 0.3 is 0 Å². The number of benzene rings is 2. The molecule has 1 aromatic heterocycles. The van der Waals surface area contributed by atoms with Crippen LogP contribution in [0, 0.1) is 0 Å². The van der Waals surface area contributed by atoms with E-state index in [0.29, 0.717) is 6.42 Å². The molecule has 3 aromatic rings. The second-order valence-electron chi connectivity index (χ2n) is 5.58. The summed E-state index contributed by atoms with van der Waals surface area (Å²) in [5.74, 6) is 0.851. The van der Waals surface area contributed by atoms with E-state index in [-0.39, 0.29) is 5.38 Å². The van der Waals surface area contributed by atoms with E-state index in [1.807, 2.05) is 42.5 Å². The molecular weight excluding hydrogens is 327 g/mol. The highest BCUT2D eigenvalue weighted by molar-refractivity contribution is 6.32. The van der Waals surface area contributed by atoms with Crippen molar-refractivity contribution in [1.29, 1.82) is 0 Å². The molecule has 2 aromatic carbocycles. The molecule has 1 N–H and O–H groups in total. The maximum Gasteiger partial charge on any atom is 0.139 e. The van der Waals surface area contributed by atoms with Crippen LogP contribution in [0.3, 0.4) is 0 Å². The third-order valence-corrected chi connectivity index (χ3v) is 4.49. The molecule has 0 fully saturated rings. The Bertz CT molecular complexity index is 904. The van der Waals surface area contributed by atoms with Gasteiger partial charge in [-0.1, -0.05) is 54.1 Å². The Balaban J connectivity index is 1.87. The van der Waals surface area contributed by atoms with E-state index < -0.39 is 0 Å². The van der Waals surface area contributed by atoms with Crippen LogP contribution < -0.4 is 0 Å². The van der Waals surface area contributed by atoms with Crippen molar-refractivity contribution in [1.82, 2.24) is 9.97 Å². The minimum absolute atomic E-state index is 0.0776. The lowest BCUT2D eigenvalue weighted by Gasteiger charge is -2.16. The predicted octanol–water partition coefficient (Wildman–Crippen LogP) is 5.75. The molecule has 0 amide bonds. The molecule has 0 radical (unpaired) electrons. The van der Waals surface area contributed by atoms with Gasteiger partial charge in [0, 0.05) is 17.0 Å². The van der Waals surface area contributed by atoms with Crippen molar-refractivity contribution in [3.05, 3.63) is 71.3 Å². The Kier molecular flexibility index (Phi) is 3.72. The molecule has 0 aliphatic heterocycles. The van der Waals surface area contributed by atoms with E-state index in [2.05, 4.69) is 23.2 Å². The molecule has 114 valence electrons. The number of hydrogen-bond donors (Lipinski definition) is 1. The van der Waals surface area contributed by atoms with Crippen LogP contribution in [0.15, 0.2) is 65.7 Å². The standard InChI is InChI=1S/C19H14Cl2N2/c20-13-9-12(10-14(21)11-13)15-5-1-2-6-16(15)19-22-17-7-3-4-8-18(17)23-19/h1-10,13H,11H2,(H,22,23). The number of fused-ring (bicyclic) bond motifs is 1. The van der Waals surface area contributed by atoms with Crippen LogP contribution in [-0.2, 0) is 0 Å². The number of rotatable bonds is 2. The van der Waals surface area contributed by atoms with E-state index in [0.717, 1.165) is 38.6 Å². The van der Waals surface area contributed by atoms with Crippen LogP contribution in [0.1, 0.15) is 12.0 Å². The lowest BCUT2D eigenvalue weighted by molar-refractivity contribution is 1.03. The molecule has 0 saturated heterocycles. The zero-order valence-corrected chi connectivity index (χ0v) is 13.8. The van der Waals surface area contributed by atoms with Gasteiger partial charge in [0.15, 0.2) is 0 Å². The summed E-state index contributed by atoms with van der Waals surface area (Å²) >= 11 is 12.5. The highest BCUT2D eigenvalue weighted by atomic mass is 35.5. The number of aromatic amines is 1. The van der Waals surface area contributed by atoms with Gasteiger partial charge in [-0.05, 0) is 29.3 Å². The van der Waals surface area contributed by atoms with Crippen molar-refractivity contribution >= 4 is 39.8 Å². The number of H-pyrrole nitrogens is 1. The molecule has 1 unspecified atom stereocenters. The average Bonchev–Trinajstić information content (AvgIpc) is 2.98. The van der Waals surface area contributed by atoms with E-state index >= 15 is 0 Å². The lowest BCUT2D eigenvalue weighted by Crippen LogP contribution is -2.02. The first-order valence-corrected chi connectivity index (χ1v) is 8.28. The number of hydrogen-bond acceptors (Lipinski definition) is 1. The van der Waals surface area contributed by atoms with Crippen LogP contribution in [0.4, 0.5) is 0 Å². The second-order valence-corrected chi connectivity index (χ2v) is 6.63. The van der Waals surface area contributed by atoms with Crippen LogP contribution in [0.25, 0.3) is 28.0 Å². The van der Waals surface area contributed by atoms with Crippen molar-refractivity contribution in [2.45, 2.75) is 11.8 Å². The van der Waals surface area contributed by atoms with Crippen molar-refractivity contribution in [3.8, 4) is 11.4 Å². The maximum absolute atomic E-state index is 6.29. The third kappa shape index (κ3) is 2.80. The molecule has 0 bridgehead atoms. The van der Waals surface area contributed by atoms with Crippen LogP contribution in [0.5, 0.6) is 0 Å². The monoisotopic (exact) mass is 340 g/mol. The zero-order valence-electron chi connectivity index (χ0n) is 12.3. The number of alkyl halides is 1. The van der Waals surface area contributed by atoms with Gasteiger partial charge in [0.1, 0.15) is 5.82 Å². The van der Waals surface area contributed by atoms with E-state index in [1.54, 1.807) is 0 Å². The van der Waals surface area contributed by atoms with Crippen LogP contribution in [-0.4, -0.2) is 15.3 Å². The molecule has 1 aliphatic rings. The van der Waals surface area contributed by atoms with Gasteiger partial charge in [-0.15, -0.1) is 11.6 Å². The summed E-state index contributed by atoms with van der Waals surface area (Å²) in [6, 6.07) is 16.2. The fourth-order valence-corrected chi connectivity index (χ4v) is 3.57. The fraction of sp³-hybridized carbons (Fsp3) is 0.105. The Morgan fingerprint density at radius 1 is 1.00 bits per heavy atom. The van der Waals surface area contributed by atoms with Gasteiger partial charge in [-0.25, -0.2) is 4.98 Å².